The van der Waals surface area contributed by atoms with Crippen LogP contribution in [-0.4, -0.2) is 14.7 Å². The van der Waals surface area contributed by atoms with Gasteiger partial charge in [0, 0.05) is 16.0 Å². The van der Waals surface area contributed by atoms with Gasteiger partial charge >= 0.3 is 0 Å². The molecule has 0 aromatic carbocycles. The van der Waals surface area contributed by atoms with Crippen molar-refractivity contribution in [3.8, 4) is 6.07 Å². The molecule has 0 heterocycles. The van der Waals surface area contributed by atoms with Crippen LogP contribution in [0.2, 0.25) is 0 Å². The van der Waals surface area contributed by atoms with Gasteiger partial charge in [-0.3, -0.25) is 4.21 Å². The summed E-state index contributed by atoms with van der Waals surface area (Å²) in [4.78, 5) is 0. The van der Waals surface area contributed by atoms with Crippen molar-refractivity contribution in [1.29, 1.82) is 5.26 Å². The predicted octanol–water partition coefficient (Wildman–Crippen LogP) is 4.13. The van der Waals surface area contributed by atoms with Crippen molar-refractivity contribution < 1.29 is 4.21 Å². The number of hydrogen-bond acceptors (Lipinski definition) is 2. The summed E-state index contributed by atoms with van der Waals surface area (Å²) in [5, 5.41) is 9.59. The molecule has 0 amide bonds. The molecular formula is C16H29NOS. The van der Waals surface area contributed by atoms with Gasteiger partial charge in [-0.25, -0.2) is 0 Å². The Morgan fingerprint density at radius 3 is 2.21 bits per heavy atom. The molecule has 0 aliphatic heterocycles. The summed E-state index contributed by atoms with van der Waals surface area (Å²) >= 11 is 0. The van der Waals surface area contributed by atoms with Crippen LogP contribution in [0.1, 0.15) is 60.8 Å². The van der Waals surface area contributed by atoms with E-state index in [1.54, 1.807) is 0 Å². The van der Waals surface area contributed by atoms with Gasteiger partial charge in [0.2, 0.25) is 0 Å². The first kappa shape index (κ1) is 16.7. The molecule has 3 heteroatoms. The molecule has 2 nitrogen and oxygen atoms in total. The topological polar surface area (TPSA) is 40.9 Å². The van der Waals surface area contributed by atoms with Gasteiger partial charge in [0.25, 0.3) is 0 Å². The van der Waals surface area contributed by atoms with Crippen LogP contribution in [0.5, 0.6) is 0 Å². The molecule has 0 spiro atoms. The maximum atomic E-state index is 12.7. The first-order valence-electron chi connectivity index (χ1n) is 7.47. The zero-order valence-electron chi connectivity index (χ0n) is 13.3. The van der Waals surface area contributed by atoms with E-state index in [1.165, 1.54) is 0 Å². The van der Waals surface area contributed by atoms with Crippen molar-refractivity contribution in [3.63, 3.8) is 0 Å². The minimum atomic E-state index is -0.889. The van der Waals surface area contributed by atoms with Gasteiger partial charge in [-0.05, 0) is 36.5 Å². The van der Waals surface area contributed by atoms with Crippen molar-refractivity contribution in [2.24, 2.45) is 23.2 Å². The predicted molar refractivity (Wildman–Crippen MR) is 82.1 cm³/mol. The van der Waals surface area contributed by atoms with E-state index in [2.05, 4.69) is 47.6 Å². The van der Waals surface area contributed by atoms with E-state index < -0.39 is 10.8 Å². The van der Waals surface area contributed by atoms with Gasteiger partial charge in [-0.1, -0.05) is 41.5 Å². The Labute approximate surface area is 121 Å². The minimum Gasteiger partial charge on any atom is -0.259 e. The molecule has 1 rings (SSSR count). The van der Waals surface area contributed by atoms with Crippen LogP contribution < -0.4 is 0 Å². The smallest absolute Gasteiger partial charge is 0.0668 e. The Bertz CT molecular complexity index is 364. The van der Waals surface area contributed by atoms with E-state index in [1.807, 2.05) is 0 Å². The Morgan fingerprint density at radius 2 is 1.79 bits per heavy atom. The second-order valence-corrected chi connectivity index (χ2v) is 9.43. The molecule has 5 unspecified atom stereocenters. The number of rotatable bonds is 3. The quantitative estimate of drug-likeness (QED) is 0.781. The number of nitriles is 1. The Hall–Kier alpha value is -0.360. The van der Waals surface area contributed by atoms with Crippen molar-refractivity contribution in [3.05, 3.63) is 0 Å². The summed E-state index contributed by atoms with van der Waals surface area (Å²) in [5.74, 6) is 0.987. The summed E-state index contributed by atoms with van der Waals surface area (Å²) in [6.07, 6.45) is 2.97. The summed E-state index contributed by atoms with van der Waals surface area (Å²) in [7, 11) is -0.889. The maximum absolute atomic E-state index is 12.7. The highest BCUT2D eigenvalue weighted by Gasteiger charge is 2.40. The fourth-order valence-electron chi connectivity index (χ4n) is 2.86. The molecule has 110 valence electrons. The average Bonchev–Trinajstić information content (AvgIpc) is 2.34. The van der Waals surface area contributed by atoms with Crippen LogP contribution in [0.3, 0.4) is 0 Å². The molecule has 1 fully saturated rings. The Kier molecular flexibility index (Phi) is 5.62. The summed E-state index contributed by atoms with van der Waals surface area (Å²) < 4.78 is 12.7. The molecule has 0 saturated heterocycles. The van der Waals surface area contributed by atoms with Crippen LogP contribution in [0.4, 0.5) is 0 Å². The zero-order chi connectivity index (χ0) is 14.8. The van der Waals surface area contributed by atoms with Crippen molar-refractivity contribution in [1.82, 2.24) is 0 Å². The molecular weight excluding hydrogens is 254 g/mol. The van der Waals surface area contributed by atoms with Crippen LogP contribution >= 0.6 is 0 Å². The van der Waals surface area contributed by atoms with E-state index >= 15 is 0 Å². The van der Waals surface area contributed by atoms with Gasteiger partial charge in [0.1, 0.15) is 0 Å². The first-order chi connectivity index (χ1) is 8.68. The molecule has 19 heavy (non-hydrogen) atoms. The summed E-state index contributed by atoms with van der Waals surface area (Å²) in [6, 6.07) is 2.41. The zero-order valence-corrected chi connectivity index (χ0v) is 14.1. The highest BCUT2D eigenvalue weighted by Crippen LogP contribution is 2.42. The lowest BCUT2D eigenvalue weighted by atomic mass is 9.70. The van der Waals surface area contributed by atoms with Gasteiger partial charge < -0.3 is 0 Å². The molecule has 0 N–H and O–H groups in total. The van der Waals surface area contributed by atoms with Gasteiger partial charge in [-0.15, -0.1) is 0 Å². The second-order valence-electron chi connectivity index (χ2n) is 7.43. The van der Waals surface area contributed by atoms with Crippen LogP contribution in [-0.2, 0) is 10.8 Å². The molecule has 1 aliphatic rings. The van der Waals surface area contributed by atoms with Crippen molar-refractivity contribution in [2.75, 3.05) is 0 Å². The van der Waals surface area contributed by atoms with E-state index in [4.69, 9.17) is 0 Å². The lowest BCUT2D eigenvalue weighted by Crippen LogP contribution is -2.40. The largest absolute Gasteiger partial charge is 0.259 e. The fraction of sp³-hybridized carbons (Fsp3) is 0.938. The van der Waals surface area contributed by atoms with E-state index in [-0.39, 0.29) is 21.8 Å². The van der Waals surface area contributed by atoms with Crippen LogP contribution in [0.15, 0.2) is 0 Å². The molecule has 5 atom stereocenters. The number of hydrogen-bond donors (Lipinski definition) is 0. The third kappa shape index (κ3) is 4.05. The van der Waals surface area contributed by atoms with Gasteiger partial charge in [0.15, 0.2) is 0 Å². The first-order valence-corrected chi connectivity index (χ1v) is 8.75. The van der Waals surface area contributed by atoms with Crippen LogP contribution in [0, 0.1) is 34.5 Å². The highest BCUT2D eigenvalue weighted by molar-refractivity contribution is 7.86. The SMILES string of the molecule is CC(C)C(C)S(=O)C1CC(C(C)(C)C)CCC1C#N. The Morgan fingerprint density at radius 1 is 1.21 bits per heavy atom. The number of nitrogens with zero attached hydrogens (tertiary/aromatic N) is 1. The third-order valence-electron chi connectivity index (χ3n) is 4.79. The molecule has 1 aliphatic carbocycles. The van der Waals surface area contributed by atoms with Crippen molar-refractivity contribution >= 4 is 10.8 Å². The van der Waals surface area contributed by atoms with Gasteiger partial charge in [-0.2, -0.15) is 5.26 Å². The minimum absolute atomic E-state index is 0.0133. The standard InChI is InChI=1S/C16H29NOS/c1-11(2)12(3)19(18)15-9-14(16(4,5)6)8-7-13(15)10-17/h11-15H,7-9H2,1-6H3. The normalized spacial score (nSPS) is 31.8. The monoisotopic (exact) mass is 283 g/mol. The van der Waals surface area contributed by atoms with E-state index in [0.717, 1.165) is 19.3 Å². The average molecular weight is 283 g/mol. The molecule has 0 aromatic rings. The molecule has 0 aromatic heterocycles. The van der Waals surface area contributed by atoms with Crippen LogP contribution in [0.25, 0.3) is 0 Å². The molecule has 0 radical (unpaired) electrons. The molecule has 1 saturated carbocycles. The Balaban J connectivity index is 2.87. The summed E-state index contributed by atoms with van der Waals surface area (Å²) in [6.45, 7) is 13.1. The lowest BCUT2D eigenvalue weighted by molar-refractivity contribution is 0.167. The maximum Gasteiger partial charge on any atom is 0.0668 e. The van der Waals surface area contributed by atoms with Gasteiger partial charge in [0.05, 0.1) is 17.2 Å². The summed E-state index contributed by atoms with van der Waals surface area (Å²) in [5.41, 5.74) is 0.254. The second kappa shape index (κ2) is 6.39. The van der Waals surface area contributed by atoms with Crippen molar-refractivity contribution in [2.45, 2.75) is 71.3 Å². The third-order valence-corrected chi connectivity index (χ3v) is 7.18. The fourth-order valence-corrected chi connectivity index (χ4v) is 4.89. The lowest BCUT2D eigenvalue weighted by Gasteiger charge is -2.40. The van der Waals surface area contributed by atoms with E-state index in [9.17, 15) is 9.47 Å². The highest BCUT2D eigenvalue weighted by atomic mass is 32.2. The molecule has 0 bridgehead atoms. The van der Waals surface area contributed by atoms with E-state index in [0.29, 0.717) is 11.8 Å².